The van der Waals surface area contributed by atoms with Gasteiger partial charge in [-0.15, -0.1) is 0 Å². The van der Waals surface area contributed by atoms with E-state index in [1.54, 1.807) is 0 Å². The monoisotopic (exact) mass is 234 g/mol. The molecule has 2 heteroatoms. The lowest BCUT2D eigenvalue weighted by molar-refractivity contribution is -0.143. The number of hydrogen-bond acceptors (Lipinski definition) is 2. The molecule has 1 aromatic carbocycles. The Morgan fingerprint density at radius 1 is 1.35 bits per heavy atom. The van der Waals surface area contributed by atoms with Crippen LogP contribution in [-0.4, -0.2) is 22.9 Å². The fourth-order valence-electron chi connectivity index (χ4n) is 2.80. The van der Waals surface area contributed by atoms with Gasteiger partial charge >= 0.3 is 0 Å². The van der Waals surface area contributed by atoms with Crippen molar-refractivity contribution in [2.24, 2.45) is 0 Å². The zero-order chi connectivity index (χ0) is 12.5. The fraction of sp³-hybridized carbons (Fsp3) is 0.600. The van der Waals surface area contributed by atoms with Crippen LogP contribution in [0.25, 0.3) is 0 Å². The zero-order valence-electron chi connectivity index (χ0n) is 11.0. The van der Waals surface area contributed by atoms with Crippen molar-refractivity contribution in [2.75, 3.05) is 6.61 Å². The number of benzene rings is 1. The molecule has 17 heavy (non-hydrogen) atoms. The highest BCUT2D eigenvalue weighted by molar-refractivity contribution is 5.24. The molecule has 2 rings (SSSR count). The molecule has 2 nitrogen and oxygen atoms in total. The minimum atomic E-state index is -0.616. The van der Waals surface area contributed by atoms with Gasteiger partial charge in [-0.3, -0.25) is 0 Å². The third-order valence-corrected chi connectivity index (χ3v) is 3.43. The quantitative estimate of drug-likeness (QED) is 0.852. The predicted molar refractivity (Wildman–Crippen MR) is 69.1 cm³/mol. The molecule has 1 fully saturated rings. The first-order valence-corrected chi connectivity index (χ1v) is 6.31. The molecule has 0 radical (unpaired) electrons. The lowest BCUT2D eigenvalue weighted by atomic mass is 9.80. The Kier molecular flexibility index (Phi) is 3.28. The number of ether oxygens (including phenoxy) is 1. The molecular weight excluding hydrogens is 212 g/mol. The summed E-state index contributed by atoms with van der Waals surface area (Å²) in [6.07, 6.45) is 2.15. The van der Waals surface area contributed by atoms with Gasteiger partial charge in [0.1, 0.15) is 0 Å². The standard InChI is InChI=1S/C15H22O2/c1-12-5-4-6-13(9-12)10-15(16)7-8-17-14(2,3)11-15/h4-6,9,16H,7-8,10-11H2,1-3H3. The summed E-state index contributed by atoms with van der Waals surface area (Å²) in [5, 5.41) is 10.7. The largest absolute Gasteiger partial charge is 0.389 e. The van der Waals surface area contributed by atoms with E-state index in [4.69, 9.17) is 4.74 Å². The first-order chi connectivity index (χ1) is 7.89. The number of aliphatic hydroxyl groups is 1. The number of aryl methyl sites for hydroxylation is 1. The van der Waals surface area contributed by atoms with Crippen LogP contribution < -0.4 is 0 Å². The molecule has 1 atom stereocenters. The zero-order valence-corrected chi connectivity index (χ0v) is 11.0. The van der Waals surface area contributed by atoms with Crippen LogP contribution in [0.3, 0.4) is 0 Å². The molecule has 0 aromatic heterocycles. The number of rotatable bonds is 2. The van der Waals surface area contributed by atoms with Crippen LogP contribution in [0.1, 0.15) is 37.8 Å². The van der Waals surface area contributed by atoms with Crippen LogP contribution in [0.4, 0.5) is 0 Å². The summed E-state index contributed by atoms with van der Waals surface area (Å²) in [5.41, 5.74) is 1.63. The van der Waals surface area contributed by atoms with Gasteiger partial charge < -0.3 is 9.84 Å². The van der Waals surface area contributed by atoms with Crippen LogP contribution in [-0.2, 0) is 11.2 Å². The fourth-order valence-corrected chi connectivity index (χ4v) is 2.80. The Balaban J connectivity index is 2.12. The summed E-state index contributed by atoms with van der Waals surface area (Å²) < 4.78 is 5.66. The molecule has 1 heterocycles. The highest BCUT2D eigenvalue weighted by Gasteiger charge is 2.39. The van der Waals surface area contributed by atoms with Crippen LogP contribution in [0.15, 0.2) is 24.3 Å². The van der Waals surface area contributed by atoms with Gasteiger partial charge in [-0.1, -0.05) is 29.8 Å². The van der Waals surface area contributed by atoms with E-state index < -0.39 is 5.60 Å². The molecule has 0 amide bonds. The predicted octanol–water partition coefficient (Wildman–Crippen LogP) is 2.86. The molecule has 0 spiro atoms. The van der Waals surface area contributed by atoms with Crippen LogP contribution >= 0.6 is 0 Å². The highest BCUT2D eigenvalue weighted by atomic mass is 16.5. The van der Waals surface area contributed by atoms with Crippen LogP contribution in [0.5, 0.6) is 0 Å². The van der Waals surface area contributed by atoms with E-state index in [2.05, 4.69) is 31.2 Å². The van der Waals surface area contributed by atoms with E-state index in [0.717, 1.165) is 12.8 Å². The number of hydrogen-bond donors (Lipinski definition) is 1. The Hall–Kier alpha value is -0.860. The second-order valence-corrected chi connectivity index (χ2v) is 5.93. The van der Waals surface area contributed by atoms with Gasteiger partial charge in [0.25, 0.3) is 0 Å². The average Bonchev–Trinajstić information content (AvgIpc) is 2.14. The lowest BCUT2D eigenvalue weighted by Crippen LogP contribution is -2.47. The molecule has 1 aliphatic heterocycles. The van der Waals surface area contributed by atoms with Gasteiger partial charge in [-0.25, -0.2) is 0 Å². The summed E-state index contributed by atoms with van der Waals surface area (Å²) in [4.78, 5) is 0. The normalized spacial score (nSPS) is 28.0. The molecular formula is C15H22O2. The maximum atomic E-state index is 10.7. The molecule has 1 unspecified atom stereocenters. The first kappa shape index (κ1) is 12.6. The summed E-state index contributed by atoms with van der Waals surface area (Å²) in [7, 11) is 0. The topological polar surface area (TPSA) is 29.5 Å². The van der Waals surface area contributed by atoms with E-state index in [1.165, 1.54) is 11.1 Å². The smallest absolute Gasteiger partial charge is 0.0737 e. The molecule has 0 aliphatic carbocycles. The molecule has 1 saturated heterocycles. The van der Waals surface area contributed by atoms with Crippen LogP contribution in [0, 0.1) is 6.92 Å². The van der Waals surface area contributed by atoms with Gasteiger partial charge in [-0.2, -0.15) is 0 Å². The molecule has 1 N–H and O–H groups in total. The molecule has 1 aromatic rings. The van der Waals surface area contributed by atoms with Crippen molar-refractivity contribution in [2.45, 2.75) is 51.2 Å². The van der Waals surface area contributed by atoms with E-state index >= 15 is 0 Å². The van der Waals surface area contributed by atoms with Crippen molar-refractivity contribution in [1.29, 1.82) is 0 Å². The summed E-state index contributed by atoms with van der Waals surface area (Å²) in [5.74, 6) is 0. The summed E-state index contributed by atoms with van der Waals surface area (Å²) >= 11 is 0. The minimum Gasteiger partial charge on any atom is -0.389 e. The van der Waals surface area contributed by atoms with Crippen molar-refractivity contribution in [3.63, 3.8) is 0 Å². The van der Waals surface area contributed by atoms with Crippen LogP contribution in [0.2, 0.25) is 0 Å². The second kappa shape index (κ2) is 4.43. The molecule has 0 bridgehead atoms. The van der Waals surface area contributed by atoms with Gasteiger partial charge in [-0.05, 0) is 32.8 Å². The first-order valence-electron chi connectivity index (χ1n) is 6.31. The lowest BCUT2D eigenvalue weighted by Gasteiger charge is -2.41. The molecule has 0 saturated carbocycles. The second-order valence-electron chi connectivity index (χ2n) is 5.93. The van der Waals surface area contributed by atoms with Gasteiger partial charge in [0.15, 0.2) is 0 Å². The van der Waals surface area contributed by atoms with Crippen molar-refractivity contribution in [3.05, 3.63) is 35.4 Å². The Morgan fingerprint density at radius 2 is 2.12 bits per heavy atom. The Morgan fingerprint density at radius 3 is 2.76 bits per heavy atom. The van der Waals surface area contributed by atoms with Gasteiger partial charge in [0.05, 0.1) is 17.8 Å². The Bertz CT molecular complexity index is 398. The third-order valence-electron chi connectivity index (χ3n) is 3.43. The summed E-state index contributed by atoms with van der Waals surface area (Å²) in [6.45, 7) is 6.83. The van der Waals surface area contributed by atoms with Gasteiger partial charge in [0, 0.05) is 12.8 Å². The van der Waals surface area contributed by atoms with Gasteiger partial charge in [0.2, 0.25) is 0 Å². The maximum Gasteiger partial charge on any atom is 0.0737 e. The average molecular weight is 234 g/mol. The maximum absolute atomic E-state index is 10.7. The Labute approximate surface area is 104 Å². The van der Waals surface area contributed by atoms with E-state index in [9.17, 15) is 5.11 Å². The van der Waals surface area contributed by atoms with E-state index in [0.29, 0.717) is 13.0 Å². The highest BCUT2D eigenvalue weighted by Crippen LogP contribution is 2.34. The van der Waals surface area contributed by atoms with E-state index in [-0.39, 0.29) is 5.60 Å². The van der Waals surface area contributed by atoms with E-state index in [1.807, 2.05) is 13.8 Å². The van der Waals surface area contributed by atoms with Crippen molar-refractivity contribution >= 4 is 0 Å². The summed E-state index contributed by atoms with van der Waals surface area (Å²) in [6, 6.07) is 8.38. The SMILES string of the molecule is Cc1cccc(CC2(O)CCOC(C)(C)C2)c1. The van der Waals surface area contributed by atoms with Crippen molar-refractivity contribution < 1.29 is 9.84 Å². The molecule has 94 valence electrons. The molecule has 1 aliphatic rings. The van der Waals surface area contributed by atoms with Crippen molar-refractivity contribution in [1.82, 2.24) is 0 Å². The van der Waals surface area contributed by atoms with Crippen molar-refractivity contribution in [3.8, 4) is 0 Å². The third kappa shape index (κ3) is 3.30. The minimum absolute atomic E-state index is 0.211.